The summed E-state index contributed by atoms with van der Waals surface area (Å²) in [5.41, 5.74) is 7.18. The molecule has 0 bridgehead atoms. The third-order valence-electron chi connectivity index (χ3n) is 2.26. The van der Waals surface area contributed by atoms with Gasteiger partial charge in [-0.2, -0.15) is 0 Å². The zero-order chi connectivity index (χ0) is 11.5. The number of methoxy groups -OCH3 is 1. The van der Waals surface area contributed by atoms with Crippen molar-refractivity contribution in [3.8, 4) is 16.9 Å². The van der Waals surface area contributed by atoms with Gasteiger partial charge in [0.2, 0.25) is 0 Å². The number of rotatable bonds is 2. The molecule has 0 spiro atoms. The van der Waals surface area contributed by atoms with E-state index in [2.05, 4.69) is 4.98 Å². The van der Waals surface area contributed by atoms with Crippen LogP contribution in [0.3, 0.4) is 0 Å². The van der Waals surface area contributed by atoms with Gasteiger partial charge in [-0.15, -0.1) is 0 Å². The molecule has 0 aliphatic rings. The predicted molar refractivity (Wildman–Crippen MR) is 60.6 cm³/mol. The van der Waals surface area contributed by atoms with Gasteiger partial charge in [-0.05, 0) is 17.7 Å². The summed E-state index contributed by atoms with van der Waals surface area (Å²) in [7, 11) is 1.56. The highest BCUT2D eigenvalue weighted by Crippen LogP contribution is 2.30. The van der Waals surface area contributed by atoms with E-state index >= 15 is 0 Å². The summed E-state index contributed by atoms with van der Waals surface area (Å²) >= 11 is 0. The average molecular weight is 218 g/mol. The summed E-state index contributed by atoms with van der Waals surface area (Å²) in [6.07, 6.45) is 1.61. The van der Waals surface area contributed by atoms with Crippen molar-refractivity contribution in [2.24, 2.45) is 0 Å². The van der Waals surface area contributed by atoms with Crippen LogP contribution in [-0.4, -0.2) is 12.1 Å². The smallest absolute Gasteiger partial charge is 0.131 e. The van der Waals surface area contributed by atoms with Gasteiger partial charge >= 0.3 is 0 Å². The molecule has 1 aromatic carbocycles. The van der Waals surface area contributed by atoms with E-state index in [0.29, 0.717) is 11.6 Å². The minimum absolute atomic E-state index is 0.272. The van der Waals surface area contributed by atoms with Crippen molar-refractivity contribution in [2.45, 2.75) is 0 Å². The highest BCUT2D eigenvalue weighted by atomic mass is 19.1. The van der Waals surface area contributed by atoms with Crippen LogP contribution in [0.5, 0.6) is 5.75 Å². The van der Waals surface area contributed by atoms with E-state index in [9.17, 15) is 4.39 Å². The summed E-state index contributed by atoms with van der Waals surface area (Å²) in [6.45, 7) is 0. The highest BCUT2D eigenvalue weighted by molar-refractivity contribution is 5.70. The second-order valence-corrected chi connectivity index (χ2v) is 3.32. The van der Waals surface area contributed by atoms with Gasteiger partial charge < -0.3 is 10.5 Å². The number of halogens is 1. The van der Waals surface area contributed by atoms with Crippen LogP contribution in [0, 0.1) is 5.82 Å². The molecule has 82 valence electrons. The molecule has 2 rings (SSSR count). The molecule has 0 fully saturated rings. The van der Waals surface area contributed by atoms with Crippen molar-refractivity contribution in [3.05, 3.63) is 42.3 Å². The normalized spacial score (nSPS) is 10.1. The Balaban J connectivity index is 2.51. The minimum atomic E-state index is -0.272. The second kappa shape index (κ2) is 4.18. The lowest BCUT2D eigenvalue weighted by molar-refractivity contribution is 0.416. The van der Waals surface area contributed by atoms with Crippen LogP contribution in [0.15, 0.2) is 36.5 Å². The van der Waals surface area contributed by atoms with Crippen molar-refractivity contribution in [1.29, 1.82) is 0 Å². The molecule has 2 aromatic rings. The minimum Gasteiger partial charge on any atom is -0.496 e. The molecule has 0 saturated carbocycles. The quantitative estimate of drug-likeness (QED) is 0.842. The van der Waals surface area contributed by atoms with Crippen LogP contribution in [0.2, 0.25) is 0 Å². The number of anilines is 1. The van der Waals surface area contributed by atoms with Gasteiger partial charge in [0.15, 0.2) is 0 Å². The number of nitrogens with zero attached hydrogens (tertiary/aromatic N) is 1. The lowest BCUT2D eigenvalue weighted by atomic mass is 10.1. The first kappa shape index (κ1) is 10.4. The van der Waals surface area contributed by atoms with Crippen molar-refractivity contribution < 1.29 is 9.13 Å². The maximum Gasteiger partial charge on any atom is 0.131 e. The van der Waals surface area contributed by atoms with Gasteiger partial charge in [0, 0.05) is 17.8 Å². The van der Waals surface area contributed by atoms with Gasteiger partial charge in [-0.1, -0.05) is 12.1 Å². The summed E-state index contributed by atoms with van der Waals surface area (Å²) in [5.74, 6) is 0.743. The predicted octanol–water partition coefficient (Wildman–Crippen LogP) is 2.48. The molecular formula is C12H11FN2O. The van der Waals surface area contributed by atoms with Gasteiger partial charge in [-0.3, -0.25) is 0 Å². The molecule has 0 aliphatic heterocycles. The number of benzene rings is 1. The van der Waals surface area contributed by atoms with Gasteiger partial charge in [0.1, 0.15) is 17.4 Å². The molecule has 0 radical (unpaired) electrons. The van der Waals surface area contributed by atoms with Crippen LogP contribution in [-0.2, 0) is 0 Å². The Morgan fingerprint density at radius 2 is 1.94 bits per heavy atom. The van der Waals surface area contributed by atoms with Gasteiger partial charge in [-0.25, -0.2) is 9.37 Å². The number of aromatic nitrogens is 1. The zero-order valence-electron chi connectivity index (χ0n) is 8.77. The molecule has 3 nitrogen and oxygen atoms in total. The third kappa shape index (κ3) is 1.95. The second-order valence-electron chi connectivity index (χ2n) is 3.32. The number of nitrogen functional groups attached to an aromatic ring is 1. The molecule has 1 heterocycles. The van der Waals surface area contributed by atoms with E-state index in [1.165, 1.54) is 12.1 Å². The van der Waals surface area contributed by atoms with Gasteiger partial charge in [0.05, 0.1) is 7.11 Å². The number of pyridine rings is 1. The Hall–Kier alpha value is -2.10. The molecule has 16 heavy (non-hydrogen) atoms. The summed E-state index contributed by atoms with van der Waals surface area (Å²) in [6, 6.07) is 7.77. The molecule has 4 heteroatoms. The molecular weight excluding hydrogens is 207 g/mol. The molecule has 2 N–H and O–H groups in total. The topological polar surface area (TPSA) is 48.1 Å². The third-order valence-corrected chi connectivity index (χ3v) is 2.26. The standard InChI is InChI=1S/C12H11FN2O/c1-16-11-6-12(14)15-7-10(11)8-2-4-9(13)5-3-8/h2-7H,1H3,(H2,14,15). The van der Waals surface area contributed by atoms with Crippen LogP contribution in [0.4, 0.5) is 10.2 Å². The van der Waals surface area contributed by atoms with E-state index in [-0.39, 0.29) is 5.82 Å². The Morgan fingerprint density at radius 3 is 2.56 bits per heavy atom. The number of ether oxygens (including phenoxy) is 1. The van der Waals surface area contributed by atoms with E-state index in [1.54, 1.807) is 31.5 Å². The molecule has 0 unspecified atom stereocenters. The van der Waals surface area contributed by atoms with Crippen LogP contribution in [0.25, 0.3) is 11.1 Å². The maximum absolute atomic E-state index is 12.8. The first-order chi connectivity index (χ1) is 7.70. The van der Waals surface area contributed by atoms with E-state index in [0.717, 1.165) is 11.1 Å². The largest absolute Gasteiger partial charge is 0.496 e. The molecule has 0 aliphatic carbocycles. The number of hydrogen-bond donors (Lipinski definition) is 1. The zero-order valence-corrected chi connectivity index (χ0v) is 8.77. The van der Waals surface area contributed by atoms with Crippen LogP contribution in [0.1, 0.15) is 0 Å². The van der Waals surface area contributed by atoms with E-state index < -0.39 is 0 Å². The monoisotopic (exact) mass is 218 g/mol. The van der Waals surface area contributed by atoms with Crippen molar-refractivity contribution in [1.82, 2.24) is 4.98 Å². The van der Waals surface area contributed by atoms with Crippen molar-refractivity contribution >= 4 is 5.82 Å². The van der Waals surface area contributed by atoms with Crippen LogP contribution >= 0.6 is 0 Å². The first-order valence-corrected chi connectivity index (χ1v) is 4.76. The Labute approximate surface area is 92.7 Å². The first-order valence-electron chi connectivity index (χ1n) is 4.76. The number of hydrogen-bond acceptors (Lipinski definition) is 3. The molecule has 0 atom stereocenters. The number of nitrogens with two attached hydrogens (primary N) is 1. The van der Waals surface area contributed by atoms with E-state index in [1.807, 2.05) is 0 Å². The van der Waals surface area contributed by atoms with E-state index in [4.69, 9.17) is 10.5 Å². The Morgan fingerprint density at radius 1 is 1.25 bits per heavy atom. The summed E-state index contributed by atoms with van der Waals surface area (Å²) < 4.78 is 18.0. The highest BCUT2D eigenvalue weighted by Gasteiger charge is 2.06. The average Bonchev–Trinajstić information content (AvgIpc) is 2.30. The Bertz CT molecular complexity index is 497. The maximum atomic E-state index is 12.8. The van der Waals surface area contributed by atoms with Crippen LogP contribution < -0.4 is 10.5 Å². The fourth-order valence-corrected chi connectivity index (χ4v) is 1.47. The van der Waals surface area contributed by atoms with Crippen molar-refractivity contribution in [2.75, 3.05) is 12.8 Å². The van der Waals surface area contributed by atoms with Gasteiger partial charge in [0.25, 0.3) is 0 Å². The summed E-state index contributed by atoms with van der Waals surface area (Å²) in [5, 5.41) is 0. The molecule has 0 amide bonds. The lowest BCUT2D eigenvalue weighted by Gasteiger charge is -2.08. The van der Waals surface area contributed by atoms with Crippen molar-refractivity contribution in [3.63, 3.8) is 0 Å². The molecule has 1 aromatic heterocycles. The SMILES string of the molecule is COc1cc(N)ncc1-c1ccc(F)cc1. The fourth-order valence-electron chi connectivity index (χ4n) is 1.47. The lowest BCUT2D eigenvalue weighted by Crippen LogP contribution is -1.94. The summed E-state index contributed by atoms with van der Waals surface area (Å²) in [4.78, 5) is 3.99. The Kier molecular flexibility index (Phi) is 2.72. The fraction of sp³-hybridized carbons (Fsp3) is 0.0833. The molecule has 0 saturated heterocycles.